The van der Waals surface area contributed by atoms with Crippen LogP contribution in [0.25, 0.3) is 0 Å². The van der Waals surface area contributed by atoms with Gasteiger partial charge in [-0.15, -0.1) is 0 Å². The topological polar surface area (TPSA) is 146 Å². The van der Waals surface area contributed by atoms with Crippen molar-refractivity contribution in [3.63, 3.8) is 0 Å². The molecular formula is C16H24N2O9. The van der Waals surface area contributed by atoms with Crippen LogP contribution >= 0.6 is 0 Å². The molecule has 0 radical (unpaired) electrons. The number of ether oxygens (including phenoxy) is 4. The molecule has 5 atom stereocenters. The first-order valence-electron chi connectivity index (χ1n) is 8.18. The Morgan fingerprint density at radius 3 is 1.74 bits per heavy atom. The normalized spacial score (nSPS) is 27.1. The Labute approximate surface area is 156 Å². The van der Waals surface area contributed by atoms with E-state index in [4.69, 9.17) is 18.9 Å². The Kier molecular flexibility index (Phi) is 8.16. The van der Waals surface area contributed by atoms with Crippen molar-refractivity contribution in [2.24, 2.45) is 0 Å². The maximum Gasteiger partial charge on any atom is 0.305 e. The molecular weight excluding hydrogens is 364 g/mol. The summed E-state index contributed by atoms with van der Waals surface area (Å²) in [6.07, 6.45) is -3.48. The highest BCUT2D eigenvalue weighted by Gasteiger charge is 2.50. The van der Waals surface area contributed by atoms with Crippen molar-refractivity contribution in [3.05, 3.63) is 0 Å². The lowest BCUT2D eigenvalue weighted by atomic mass is 9.93. The van der Waals surface area contributed by atoms with E-state index in [9.17, 15) is 24.0 Å². The molecule has 11 nitrogen and oxygen atoms in total. The largest absolute Gasteiger partial charge is 0.463 e. The molecule has 1 aliphatic heterocycles. The van der Waals surface area contributed by atoms with Gasteiger partial charge < -0.3 is 29.6 Å². The van der Waals surface area contributed by atoms with Crippen molar-refractivity contribution in [3.8, 4) is 0 Å². The quantitative estimate of drug-likeness (QED) is 0.422. The fourth-order valence-electron chi connectivity index (χ4n) is 2.67. The summed E-state index contributed by atoms with van der Waals surface area (Å²) in [6, 6.07) is -2.07. The van der Waals surface area contributed by atoms with E-state index in [0.29, 0.717) is 0 Å². The van der Waals surface area contributed by atoms with Gasteiger partial charge in [-0.3, -0.25) is 24.0 Å². The van der Waals surface area contributed by atoms with E-state index in [1.165, 1.54) is 20.8 Å². The molecule has 1 rings (SSSR count). The van der Waals surface area contributed by atoms with Crippen molar-refractivity contribution in [2.45, 2.75) is 65.2 Å². The maximum atomic E-state index is 11.6. The number of hydrogen-bond acceptors (Lipinski definition) is 9. The lowest BCUT2D eigenvalue weighted by Gasteiger charge is -2.45. The van der Waals surface area contributed by atoms with Crippen LogP contribution in [-0.4, -0.2) is 66.9 Å². The summed E-state index contributed by atoms with van der Waals surface area (Å²) in [4.78, 5) is 57.4. The summed E-state index contributed by atoms with van der Waals surface area (Å²) in [5, 5.41) is 5.07. The van der Waals surface area contributed by atoms with Crippen molar-refractivity contribution < 1.29 is 42.9 Å². The smallest absolute Gasteiger partial charge is 0.305 e. The van der Waals surface area contributed by atoms with Crippen LogP contribution in [0.3, 0.4) is 0 Å². The van der Waals surface area contributed by atoms with Crippen LogP contribution in [-0.2, 0) is 42.9 Å². The molecule has 11 heteroatoms. The Morgan fingerprint density at radius 2 is 1.30 bits per heavy atom. The van der Waals surface area contributed by atoms with Gasteiger partial charge in [0.25, 0.3) is 0 Å². The second kappa shape index (κ2) is 9.86. The number of rotatable bonds is 6. The minimum absolute atomic E-state index is 0.303. The van der Waals surface area contributed by atoms with E-state index >= 15 is 0 Å². The zero-order valence-electron chi connectivity index (χ0n) is 15.8. The molecule has 0 saturated carbocycles. The maximum absolute atomic E-state index is 11.6. The minimum Gasteiger partial charge on any atom is -0.463 e. The van der Waals surface area contributed by atoms with Crippen molar-refractivity contribution in [1.82, 2.24) is 10.6 Å². The minimum atomic E-state index is -1.33. The van der Waals surface area contributed by atoms with E-state index in [0.717, 1.165) is 13.8 Å². The lowest BCUT2D eigenvalue weighted by Crippen LogP contribution is -2.69. The number of esters is 3. The van der Waals surface area contributed by atoms with E-state index in [-0.39, 0.29) is 6.61 Å². The van der Waals surface area contributed by atoms with E-state index in [2.05, 4.69) is 10.6 Å². The van der Waals surface area contributed by atoms with Gasteiger partial charge in [0, 0.05) is 34.6 Å². The molecule has 152 valence electrons. The molecule has 0 spiro atoms. The third-order valence-electron chi connectivity index (χ3n) is 3.49. The van der Waals surface area contributed by atoms with Gasteiger partial charge in [0.2, 0.25) is 18.1 Å². The number of amides is 2. The monoisotopic (exact) mass is 388 g/mol. The SMILES string of the molecule is CC(=O)N[C@@H]1[C@H](OC(C)=O)[C@@H](NC(C)=O)C(OC(C)=O)O[C@@H]1COC(C)=O. The highest BCUT2D eigenvalue weighted by atomic mass is 16.7. The second-order valence-electron chi connectivity index (χ2n) is 5.98. The van der Waals surface area contributed by atoms with E-state index < -0.39 is 60.3 Å². The fourth-order valence-corrected chi connectivity index (χ4v) is 2.67. The summed E-state index contributed by atoms with van der Waals surface area (Å²) in [5.74, 6) is -2.97. The average molecular weight is 388 g/mol. The zero-order valence-corrected chi connectivity index (χ0v) is 15.8. The summed E-state index contributed by atoms with van der Waals surface area (Å²) in [5.41, 5.74) is 0. The first-order chi connectivity index (χ1) is 12.5. The average Bonchev–Trinajstić information content (AvgIpc) is 2.49. The lowest BCUT2D eigenvalue weighted by molar-refractivity contribution is -0.246. The van der Waals surface area contributed by atoms with Crippen molar-refractivity contribution >= 4 is 29.7 Å². The van der Waals surface area contributed by atoms with Crippen LogP contribution in [0.1, 0.15) is 34.6 Å². The predicted octanol–water partition coefficient (Wildman–Crippen LogP) is -1.22. The van der Waals surface area contributed by atoms with Gasteiger partial charge in [-0.1, -0.05) is 0 Å². The zero-order chi connectivity index (χ0) is 20.7. The highest BCUT2D eigenvalue weighted by molar-refractivity contribution is 5.75. The number of carbonyl (C=O) groups is 5. The molecule has 0 aromatic carbocycles. The Bertz CT molecular complexity index is 607. The van der Waals surface area contributed by atoms with Gasteiger partial charge in [-0.2, -0.15) is 0 Å². The van der Waals surface area contributed by atoms with Gasteiger partial charge >= 0.3 is 17.9 Å². The van der Waals surface area contributed by atoms with Gasteiger partial charge in [0.05, 0.1) is 6.04 Å². The summed E-state index contributed by atoms with van der Waals surface area (Å²) in [6.45, 7) is 5.61. The third-order valence-corrected chi connectivity index (χ3v) is 3.49. The molecule has 1 aliphatic rings. The predicted molar refractivity (Wildman–Crippen MR) is 87.8 cm³/mol. The first-order valence-corrected chi connectivity index (χ1v) is 8.18. The number of nitrogens with one attached hydrogen (secondary N) is 2. The Hall–Kier alpha value is -2.69. The van der Waals surface area contributed by atoms with Crippen LogP contribution in [0, 0.1) is 0 Å². The van der Waals surface area contributed by atoms with E-state index in [1.807, 2.05) is 0 Å². The van der Waals surface area contributed by atoms with E-state index in [1.54, 1.807) is 0 Å². The highest BCUT2D eigenvalue weighted by Crippen LogP contribution is 2.25. The molecule has 1 heterocycles. The molecule has 1 fully saturated rings. The van der Waals surface area contributed by atoms with Crippen LogP contribution in [0.4, 0.5) is 0 Å². The molecule has 27 heavy (non-hydrogen) atoms. The van der Waals surface area contributed by atoms with Crippen LogP contribution in [0.2, 0.25) is 0 Å². The van der Waals surface area contributed by atoms with Gasteiger partial charge in [-0.25, -0.2) is 0 Å². The standard InChI is InChI=1S/C16H24N2O9/c1-7(19)17-13-12(6-24-9(3)21)27-16(26-11(5)23)14(18-8(2)20)15(13)25-10(4)22/h12-16H,6H2,1-5H3,(H,17,19)(H,18,20)/t12-,13+,14-,15+,16?/m1/s1. The van der Waals surface area contributed by atoms with Crippen molar-refractivity contribution in [2.75, 3.05) is 6.61 Å². The Morgan fingerprint density at radius 1 is 0.778 bits per heavy atom. The molecule has 0 aliphatic carbocycles. The van der Waals surface area contributed by atoms with Crippen LogP contribution in [0.5, 0.6) is 0 Å². The molecule has 0 aromatic rings. The summed E-state index contributed by atoms with van der Waals surface area (Å²) in [7, 11) is 0. The summed E-state index contributed by atoms with van der Waals surface area (Å²) < 4.78 is 21.0. The molecule has 0 bridgehead atoms. The van der Waals surface area contributed by atoms with Crippen LogP contribution < -0.4 is 10.6 Å². The van der Waals surface area contributed by atoms with Gasteiger partial charge in [0.1, 0.15) is 18.8 Å². The second-order valence-corrected chi connectivity index (χ2v) is 5.98. The summed E-state index contributed by atoms with van der Waals surface area (Å²) >= 11 is 0. The number of hydrogen-bond donors (Lipinski definition) is 2. The first kappa shape index (κ1) is 22.4. The molecule has 2 N–H and O–H groups in total. The van der Waals surface area contributed by atoms with Crippen LogP contribution in [0.15, 0.2) is 0 Å². The van der Waals surface area contributed by atoms with Gasteiger partial charge in [0.15, 0.2) is 6.10 Å². The molecule has 0 aromatic heterocycles. The molecule has 2 amide bonds. The van der Waals surface area contributed by atoms with Gasteiger partial charge in [-0.05, 0) is 0 Å². The van der Waals surface area contributed by atoms with Crippen molar-refractivity contribution in [1.29, 1.82) is 0 Å². The molecule has 1 saturated heterocycles. The third kappa shape index (κ3) is 7.21. The Balaban J connectivity index is 3.29. The number of carbonyl (C=O) groups excluding carboxylic acids is 5. The fraction of sp³-hybridized carbons (Fsp3) is 0.688. The molecule has 1 unspecified atom stereocenters.